The molecule has 0 fully saturated rings. The second-order valence-corrected chi connectivity index (χ2v) is 6.08. The molecule has 0 aliphatic rings. The third-order valence-corrected chi connectivity index (χ3v) is 4.09. The van der Waals surface area contributed by atoms with Gasteiger partial charge in [0.15, 0.2) is 11.6 Å². The van der Waals surface area contributed by atoms with E-state index < -0.39 is 0 Å². The van der Waals surface area contributed by atoms with E-state index in [-0.39, 0.29) is 0 Å². The summed E-state index contributed by atoms with van der Waals surface area (Å²) in [5.41, 5.74) is 2.40. The van der Waals surface area contributed by atoms with E-state index in [2.05, 4.69) is 25.9 Å². The molecule has 0 saturated carbocycles. The summed E-state index contributed by atoms with van der Waals surface area (Å²) in [6.45, 7) is 1.91. The average molecular weight is 384 g/mol. The highest BCUT2D eigenvalue weighted by atomic mass is 79.9. The van der Waals surface area contributed by atoms with Crippen LogP contribution in [0.25, 0.3) is 22.7 Å². The zero-order valence-corrected chi connectivity index (χ0v) is 14.0. The lowest BCUT2D eigenvalue weighted by molar-refractivity contribution is 0.575. The third-order valence-electron chi connectivity index (χ3n) is 3.02. The average Bonchev–Trinajstić information content (AvgIpc) is 2.86. The van der Waals surface area contributed by atoms with Crippen LogP contribution in [0.4, 0.5) is 0 Å². The van der Waals surface area contributed by atoms with Gasteiger partial charge in [0.05, 0.1) is 11.8 Å². The summed E-state index contributed by atoms with van der Waals surface area (Å²) >= 11 is 16.0. The molecule has 0 saturated heterocycles. The van der Waals surface area contributed by atoms with Crippen molar-refractivity contribution in [2.75, 3.05) is 0 Å². The van der Waals surface area contributed by atoms with Gasteiger partial charge in [-0.05, 0) is 36.2 Å². The Hall–Kier alpha value is -1.36. The largest absolute Gasteiger partial charge is 0.461 e. The van der Waals surface area contributed by atoms with Gasteiger partial charge in [0.1, 0.15) is 10.3 Å². The Morgan fingerprint density at radius 1 is 1.00 bits per heavy atom. The molecule has 2 heterocycles. The molecule has 0 bridgehead atoms. The van der Waals surface area contributed by atoms with E-state index in [4.69, 9.17) is 27.6 Å². The maximum atomic E-state index is 6.29. The van der Waals surface area contributed by atoms with E-state index in [9.17, 15) is 0 Å². The van der Waals surface area contributed by atoms with Crippen molar-refractivity contribution in [3.8, 4) is 22.7 Å². The second-order valence-electron chi connectivity index (χ2n) is 4.44. The first-order valence-electron chi connectivity index (χ1n) is 6.09. The maximum absolute atomic E-state index is 6.29. The van der Waals surface area contributed by atoms with Crippen LogP contribution >= 0.6 is 39.1 Å². The first kappa shape index (κ1) is 14.6. The lowest BCUT2D eigenvalue weighted by Gasteiger charge is -2.08. The molecule has 6 heteroatoms. The monoisotopic (exact) mass is 382 g/mol. The molecule has 106 valence electrons. The normalized spacial score (nSPS) is 10.9. The standard InChI is InChI=1S/C15H9BrCl2N2O/c1-8-6-7-21-12(8)15-19-13(17)11(14(18)20-15)9-2-4-10(16)5-3-9/h2-7H,1H3. The first-order chi connectivity index (χ1) is 10.1. The van der Waals surface area contributed by atoms with Crippen LogP contribution in [0, 0.1) is 6.92 Å². The Balaban J connectivity index is 2.13. The number of halogens is 3. The van der Waals surface area contributed by atoms with Gasteiger partial charge < -0.3 is 4.42 Å². The highest BCUT2D eigenvalue weighted by Crippen LogP contribution is 2.35. The molecule has 21 heavy (non-hydrogen) atoms. The third kappa shape index (κ3) is 2.84. The summed E-state index contributed by atoms with van der Waals surface area (Å²) in [6, 6.07) is 9.46. The number of rotatable bonds is 2. The summed E-state index contributed by atoms with van der Waals surface area (Å²) in [5, 5.41) is 0.589. The van der Waals surface area contributed by atoms with Gasteiger partial charge in [-0.3, -0.25) is 0 Å². The predicted molar refractivity (Wildman–Crippen MR) is 87.6 cm³/mol. The molecule has 0 amide bonds. The van der Waals surface area contributed by atoms with Crippen LogP contribution in [0.15, 0.2) is 45.5 Å². The highest BCUT2D eigenvalue weighted by Gasteiger charge is 2.17. The van der Waals surface area contributed by atoms with Crippen LogP contribution in [0.3, 0.4) is 0 Å². The van der Waals surface area contributed by atoms with Crippen molar-refractivity contribution in [1.82, 2.24) is 9.97 Å². The molecule has 1 aromatic carbocycles. The fourth-order valence-corrected chi connectivity index (χ4v) is 2.84. The van der Waals surface area contributed by atoms with Crippen molar-refractivity contribution in [3.05, 3.63) is 56.9 Å². The van der Waals surface area contributed by atoms with Gasteiger partial charge >= 0.3 is 0 Å². The molecule has 3 rings (SSSR count). The topological polar surface area (TPSA) is 38.9 Å². The lowest BCUT2D eigenvalue weighted by atomic mass is 10.1. The Labute approximate surface area is 140 Å². The quantitative estimate of drug-likeness (QED) is 0.526. The molecular weight excluding hydrogens is 375 g/mol. The van der Waals surface area contributed by atoms with Crippen molar-refractivity contribution in [2.45, 2.75) is 6.92 Å². The summed E-state index contributed by atoms with van der Waals surface area (Å²) in [7, 11) is 0. The van der Waals surface area contributed by atoms with E-state index in [0.717, 1.165) is 15.6 Å². The van der Waals surface area contributed by atoms with Gasteiger partial charge in [-0.15, -0.1) is 0 Å². The van der Waals surface area contributed by atoms with Crippen LogP contribution in [0.5, 0.6) is 0 Å². The number of hydrogen-bond donors (Lipinski definition) is 0. The van der Waals surface area contributed by atoms with E-state index >= 15 is 0 Å². The fourth-order valence-electron chi connectivity index (χ4n) is 1.97. The summed E-state index contributed by atoms with van der Waals surface area (Å²) < 4.78 is 6.35. The highest BCUT2D eigenvalue weighted by molar-refractivity contribution is 9.10. The van der Waals surface area contributed by atoms with Gasteiger partial charge in [-0.2, -0.15) is 0 Å². The van der Waals surface area contributed by atoms with Crippen LogP contribution in [0.2, 0.25) is 10.3 Å². The SMILES string of the molecule is Cc1ccoc1-c1nc(Cl)c(-c2ccc(Br)cc2)c(Cl)n1. The summed E-state index contributed by atoms with van der Waals surface area (Å²) in [5.74, 6) is 0.953. The minimum Gasteiger partial charge on any atom is -0.461 e. The van der Waals surface area contributed by atoms with Crippen molar-refractivity contribution in [1.29, 1.82) is 0 Å². The molecule has 0 atom stereocenters. The molecule has 0 radical (unpaired) electrons. The molecule has 0 spiro atoms. The first-order valence-corrected chi connectivity index (χ1v) is 7.64. The van der Waals surface area contributed by atoms with Crippen LogP contribution in [-0.4, -0.2) is 9.97 Å². The van der Waals surface area contributed by atoms with Crippen molar-refractivity contribution >= 4 is 39.1 Å². The van der Waals surface area contributed by atoms with Gasteiger partial charge in [0.25, 0.3) is 0 Å². The Morgan fingerprint density at radius 3 is 2.14 bits per heavy atom. The van der Waals surface area contributed by atoms with E-state index in [1.807, 2.05) is 37.3 Å². The fraction of sp³-hybridized carbons (Fsp3) is 0.0667. The Bertz CT molecular complexity index is 777. The van der Waals surface area contributed by atoms with Crippen molar-refractivity contribution in [2.24, 2.45) is 0 Å². The smallest absolute Gasteiger partial charge is 0.198 e. The molecule has 0 aliphatic carbocycles. The number of nitrogens with zero attached hydrogens (tertiary/aromatic N) is 2. The molecule has 2 aromatic heterocycles. The molecule has 3 aromatic rings. The van der Waals surface area contributed by atoms with Gasteiger partial charge in [0, 0.05) is 4.47 Å². The minimum atomic E-state index is 0.295. The molecule has 0 aliphatic heterocycles. The maximum Gasteiger partial charge on any atom is 0.198 e. The van der Waals surface area contributed by atoms with Gasteiger partial charge in [-0.1, -0.05) is 51.3 Å². The zero-order valence-electron chi connectivity index (χ0n) is 10.9. The van der Waals surface area contributed by atoms with E-state index in [1.54, 1.807) is 6.26 Å². The predicted octanol–water partition coefficient (Wildman–Crippen LogP) is 5.78. The summed E-state index contributed by atoms with van der Waals surface area (Å²) in [4.78, 5) is 8.60. The summed E-state index contributed by atoms with van der Waals surface area (Å²) in [6.07, 6.45) is 1.58. The number of hydrogen-bond acceptors (Lipinski definition) is 3. The van der Waals surface area contributed by atoms with Gasteiger partial charge in [-0.25, -0.2) is 9.97 Å². The number of aryl methyl sites for hydroxylation is 1. The minimum absolute atomic E-state index is 0.295. The number of benzene rings is 1. The van der Waals surface area contributed by atoms with Crippen LogP contribution < -0.4 is 0 Å². The van der Waals surface area contributed by atoms with Crippen molar-refractivity contribution in [3.63, 3.8) is 0 Å². The van der Waals surface area contributed by atoms with E-state index in [1.165, 1.54) is 0 Å². The second kappa shape index (κ2) is 5.79. The Kier molecular flexibility index (Phi) is 4.02. The zero-order chi connectivity index (χ0) is 15.0. The lowest BCUT2D eigenvalue weighted by Crippen LogP contribution is -1.94. The number of furan rings is 1. The van der Waals surface area contributed by atoms with E-state index in [0.29, 0.717) is 27.5 Å². The van der Waals surface area contributed by atoms with Crippen LogP contribution in [0.1, 0.15) is 5.56 Å². The molecule has 0 N–H and O–H groups in total. The molecule has 3 nitrogen and oxygen atoms in total. The van der Waals surface area contributed by atoms with Crippen molar-refractivity contribution < 1.29 is 4.42 Å². The molecule has 0 unspecified atom stereocenters. The molecular formula is C15H9BrCl2N2O. The number of aromatic nitrogens is 2. The Morgan fingerprint density at radius 2 is 1.62 bits per heavy atom. The van der Waals surface area contributed by atoms with Crippen LogP contribution in [-0.2, 0) is 0 Å². The van der Waals surface area contributed by atoms with Gasteiger partial charge in [0.2, 0.25) is 0 Å².